The standard InChI is InChI=1S/C33H35F2N10O9PS/c1-16(2)27(47)42-31-41-26-22(29(49)43-31)39-14-44(26)20-9-8-18(52-20)11-51-55(50,56)54-23-30(53-19(10-46)32(23)12-33(32,34)35)45-15-38-21-24(36-13-37-25(21)45)40-28(48)17-6-4-3-5-7-17/h3-7,13-16,18-20,23,30,46H,8-12H2,1-2H3,(H,50,56)(H,36,37,40,48)(H2,41,42,43,47,49)/t18-,19+,20+,23?,30+,32+,55?/m0/s1. The second kappa shape index (κ2) is 14.4. The third kappa shape index (κ3) is 6.78. The van der Waals surface area contributed by atoms with Gasteiger partial charge in [-0.3, -0.25) is 38.3 Å². The van der Waals surface area contributed by atoms with Gasteiger partial charge in [0.25, 0.3) is 17.4 Å². The fourth-order valence-corrected chi connectivity index (χ4v) is 8.52. The first-order valence-electron chi connectivity index (χ1n) is 17.5. The molecule has 5 N–H and O–H groups in total. The van der Waals surface area contributed by atoms with Crippen LogP contribution in [0.25, 0.3) is 22.3 Å². The minimum absolute atomic E-state index is 0.0284. The SMILES string of the molecule is CC(C)C(=O)Nc1nc2c(ncn2[C@H]2CC[C@@H](COP(O)(=S)OC3[C@H](n4cnc5c(NC(=O)c6ccccc6)ncnc54)O[C@H](CO)[C@]34CC4(F)F)O2)c(=O)[nH]1. The van der Waals surface area contributed by atoms with Crippen molar-refractivity contribution in [2.45, 2.75) is 69.8 Å². The first kappa shape index (κ1) is 38.2. The lowest BCUT2D eigenvalue weighted by Gasteiger charge is -2.28. The number of imidazole rings is 2. The largest absolute Gasteiger partial charge is 0.394 e. The lowest BCUT2D eigenvalue weighted by molar-refractivity contribution is -0.118. The molecule has 7 atom stereocenters. The molecule has 2 unspecified atom stereocenters. The molecule has 0 bridgehead atoms. The van der Waals surface area contributed by atoms with Gasteiger partial charge in [0, 0.05) is 17.9 Å². The van der Waals surface area contributed by atoms with Crippen LogP contribution in [0.1, 0.15) is 55.9 Å². The van der Waals surface area contributed by atoms with Gasteiger partial charge >= 0.3 is 6.72 Å². The van der Waals surface area contributed by atoms with Crippen molar-refractivity contribution in [3.05, 3.63) is 65.2 Å². The maximum absolute atomic E-state index is 15.3. The molecule has 296 valence electrons. The van der Waals surface area contributed by atoms with Gasteiger partial charge in [-0.05, 0) is 36.8 Å². The zero-order valence-corrected chi connectivity index (χ0v) is 31.3. The maximum atomic E-state index is 15.3. The summed E-state index contributed by atoms with van der Waals surface area (Å²) >= 11 is 5.35. The summed E-state index contributed by atoms with van der Waals surface area (Å²) in [6.45, 7) is -2.04. The van der Waals surface area contributed by atoms with Gasteiger partial charge in [0.05, 0.1) is 43.5 Å². The second-order valence-electron chi connectivity index (χ2n) is 13.9. The topological polar surface area (TPSA) is 243 Å². The average molecular weight is 817 g/mol. The van der Waals surface area contributed by atoms with E-state index < -0.39 is 73.3 Å². The van der Waals surface area contributed by atoms with Crippen molar-refractivity contribution in [2.75, 3.05) is 23.8 Å². The van der Waals surface area contributed by atoms with Crippen molar-refractivity contribution >= 4 is 64.4 Å². The van der Waals surface area contributed by atoms with Gasteiger partial charge in [-0.25, -0.2) is 28.7 Å². The van der Waals surface area contributed by atoms with E-state index in [0.29, 0.717) is 18.4 Å². The predicted molar refractivity (Wildman–Crippen MR) is 195 cm³/mol. The molecule has 4 aromatic heterocycles. The minimum Gasteiger partial charge on any atom is -0.394 e. The molecule has 1 aliphatic carbocycles. The van der Waals surface area contributed by atoms with E-state index in [2.05, 4.69) is 40.5 Å². The number of ether oxygens (including phenoxy) is 2. The highest BCUT2D eigenvalue weighted by molar-refractivity contribution is 8.07. The molecule has 1 aromatic carbocycles. The maximum Gasteiger partial charge on any atom is 0.325 e. The Balaban J connectivity index is 0.993. The molecule has 3 aliphatic rings. The quantitative estimate of drug-likeness (QED) is 0.114. The Morgan fingerprint density at radius 2 is 1.80 bits per heavy atom. The number of benzene rings is 1. The molecule has 6 heterocycles. The van der Waals surface area contributed by atoms with E-state index in [1.807, 2.05) is 0 Å². The Hall–Kier alpha value is -4.67. The van der Waals surface area contributed by atoms with Gasteiger partial charge in [-0.2, -0.15) is 4.98 Å². The summed E-state index contributed by atoms with van der Waals surface area (Å²) in [5.74, 6) is -4.56. The minimum atomic E-state index is -4.33. The number of carbonyl (C=O) groups excluding carboxylic acids is 2. The predicted octanol–water partition coefficient (Wildman–Crippen LogP) is 3.02. The average Bonchev–Trinajstić information content (AvgIpc) is 3.76. The number of halogens is 2. The van der Waals surface area contributed by atoms with Crippen molar-refractivity contribution in [1.29, 1.82) is 0 Å². The summed E-state index contributed by atoms with van der Waals surface area (Å²) in [6.07, 6.45) is -1.98. The fourth-order valence-electron chi connectivity index (χ4n) is 7.06. The van der Waals surface area contributed by atoms with Crippen LogP contribution in [0.4, 0.5) is 20.5 Å². The Labute approximate surface area is 320 Å². The van der Waals surface area contributed by atoms with Gasteiger partial charge in [0.15, 0.2) is 34.4 Å². The van der Waals surface area contributed by atoms with Crippen LogP contribution in [-0.2, 0) is 35.1 Å². The number of anilines is 2. The first-order valence-corrected chi connectivity index (χ1v) is 20.1. The molecular formula is C33H35F2N10O9PS. The molecule has 2 saturated heterocycles. The highest BCUT2D eigenvalue weighted by Crippen LogP contribution is 2.72. The molecule has 19 nitrogen and oxygen atoms in total. The highest BCUT2D eigenvalue weighted by atomic mass is 32.5. The number of aliphatic hydroxyl groups is 1. The van der Waals surface area contributed by atoms with Crippen molar-refractivity contribution in [3.63, 3.8) is 0 Å². The van der Waals surface area contributed by atoms with Crippen LogP contribution in [0, 0.1) is 11.3 Å². The summed E-state index contributed by atoms with van der Waals surface area (Å²) in [6, 6.07) is 8.37. The van der Waals surface area contributed by atoms with E-state index in [0.717, 1.165) is 6.33 Å². The van der Waals surface area contributed by atoms with Crippen LogP contribution in [0.5, 0.6) is 0 Å². The molecular weight excluding hydrogens is 781 g/mol. The summed E-state index contributed by atoms with van der Waals surface area (Å²) in [4.78, 5) is 72.8. The summed E-state index contributed by atoms with van der Waals surface area (Å²) in [5, 5.41) is 15.4. The number of nitrogens with one attached hydrogen (secondary N) is 3. The molecule has 2 aliphatic heterocycles. The number of carbonyl (C=O) groups is 2. The molecule has 1 saturated carbocycles. The number of aromatic amines is 1. The van der Waals surface area contributed by atoms with E-state index in [1.54, 1.807) is 44.2 Å². The van der Waals surface area contributed by atoms with Crippen LogP contribution in [0.3, 0.4) is 0 Å². The summed E-state index contributed by atoms with van der Waals surface area (Å²) in [5.41, 5.74) is -1.90. The van der Waals surface area contributed by atoms with Gasteiger partial charge in [0.2, 0.25) is 11.9 Å². The van der Waals surface area contributed by atoms with E-state index in [9.17, 15) is 24.4 Å². The number of fused-ring (bicyclic) bond motifs is 2. The molecule has 3 fully saturated rings. The monoisotopic (exact) mass is 816 g/mol. The molecule has 1 spiro atoms. The Kier molecular flexibility index (Phi) is 9.80. The van der Waals surface area contributed by atoms with Gasteiger partial charge < -0.3 is 29.3 Å². The number of aliphatic hydroxyl groups excluding tert-OH is 1. The van der Waals surface area contributed by atoms with E-state index >= 15 is 8.78 Å². The van der Waals surface area contributed by atoms with Crippen LogP contribution in [0.2, 0.25) is 0 Å². The highest BCUT2D eigenvalue weighted by Gasteiger charge is 2.83. The van der Waals surface area contributed by atoms with Crippen molar-refractivity contribution in [3.8, 4) is 0 Å². The molecule has 5 aromatic rings. The lowest BCUT2D eigenvalue weighted by Crippen LogP contribution is -2.36. The molecule has 2 amide bonds. The summed E-state index contributed by atoms with van der Waals surface area (Å²) in [7, 11) is 0. The second-order valence-corrected chi connectivity index (χ2v) is 16.7. The first-order chi connectivity index (χ1) is 26.7. The number of rotatable bonds is 12. The zero-order chi connectivity index (χ0) is 39.6. The number of nitrogens with zero attached hydrogens (tertiary/aromatic N) is 7. The Bertz CT molecular complexity index is 2430. The zero-order valence-electron chi connectivity index (χ0n) is 29.6. The van der Waals surface area contributed by atoms with Crippen LogP contribution in [0.15, 0.2) is 54.1 Å². The van der Waals surface area contributed by atoms with E-state index in [-0.39, 0.29) is 52.5 Å². The van der Waals surface area contributed by atoms with Crippen molar-refractivity contribution in [1.82, 2.24) is 39.0 Å². The van der Waals surface area contributed by atoms with Gasteiger partial charge in [0.1, 0.15) is 18.7 Å². The van der Waals surface area contributed by atoms with Crippen LogP contribution >= 0.6 is 6.72 Å². The number of hydrogen-bond donors (Lipinski definition) is 5. The van der Waals surface area contributed by atoms with Crippen LogP contribution in [-0.4, -0.2) is 98.3 Å². The number of hydrogen-bond acceptors (Lipinski definition) is 14. The number of alkyl halides is 2. The Morgan fingerprint density at radius 1 is 1.07 bits per heavy atom. The van der Waals surface area contributed by atoms with Crippen LogP contribution < -0.4 is 16.2 Å². The van der Waals surface area contributed by atoms with Gasteiger partial charge in [-0.15, -0.1) is 0 Å². The normalized spacial score (nSPS) is 26.6. The van der Waals surface area contributed by atoms with E-state index in [1.165, 1.54) is 21.8 Å². The molecule has 23 heteroatoms. The van der Waals surface area contributed by atoms with Gasteiger partial charge in [-0.1, -0.05) is 32.0 Å². The summed E-state index contributed by atoms with van der Waals surface area (Å²) < 4.78 is 57.2. The van der Waals surface area contributed by atoms with E-state index in [4.69, 9.17) is 30.3 Å². The molecule has 0 radical (unpaired) electrons. The third-order valence-corrected chi connectivity index (χ3v) is 11.6. The number of amides is 2. The fraction of sp³-hybridized carbons (Fsp3) is 0.455. The van der Waals surface area contributed by atoms with Crippen molar-refractivity contribution in [2.24, 2.45) is 11.3 Å². The van der Waals surface area contributed by atoms with Crippen molar-refractivity contribution < 1.29 is 46.9 Å². The number of H-pyrrole nitrogens is 1. The third-order valence-electron chi connectivity index (χ3n) is 10.0. The lowest BCUT2D eigenvalue weighted by atomic mass is 9.94. The molecule has 56 heavy (non-hydrogen) atoms. The number of aromatic nitrogens is 8. The molecule has 8 rings (SSSR count). The smallest absolute Gasteiger partial charge is 0.325 e. The Morgan fingerprint density at radius 3 is 2.52 bits per heavy atom.